The number of carbonyl (C=O) groups excluding carboxylic acids is 1. The van der Waals surface area contributed by atoms with Crippen LogP contribution in [0.1, 0.15) is 88.7 Å². The molecule has 3 aromatic rings. The van der Waals surface area contributed by atoms with E-state index in [0.717, 1.165) is 18.6 Å². The number of phenolic OH excluding ortho intramolecular Hbond substituents is 1. The zero-order valence-corrected chi connectivity index (χ0v) is 31.2. The monoisotopic (exact) mass is 728 g/mol. The molecule has 0 heterocycles. The predicted octanol–water partition coefficient (Wildman–Crippen LogP) is 7.36. The third-order valence-electron chi connectivity index (χ3n) is 9.42. The molecule has 4 rings (SSSR count). The van der Waals surface area contributed by atoms with E-state index in [1.807, 2.05) is 0 Å². The van der Waals surface area contributed by atoms with Gasteiger partial charge in [0.2, 0.25) is 20.3 Å². The van der Waals surface area contributed by atoms with Crippen LogP contribution >= 0.6 is 11.6 Å². The highest BCUT2D eigenvalue weighted by Crippen LogP contribution is 2.39. The van der Waals surface area contributed by atoms with Gasteiger partial charge in [-0.05, 0) is 60.3 Å². The van der Waals surface area contributed by atoms with Gasteiger partial charge in [-0.25, -0.2) is 8.42 Å². The second kappa shape index (κ2) is 15.4. The molecule has 3 aromatic carbocycles. The Labute approximate surface area is 296 Å². The number of rotatable bonds is 14. The van der Waals surface area contributed by atoms with E-state index >= 15 is 0 Å². The number of phenols is 1. The van der Waals surface area contributed by atoms with Crippen molar-refractivity contribution in [2.45, 2.75) is 83.3 Å². The third-order valence-corrected chi connectivity index (χ3v) is 12.4. The maximum atomic E-state index is 13.5. The second-order valence-electron chi connectivity index (χ2n) is 13.4. The van der Waals surface area contributed by atoms with E-state index in [1.54, 1.807) is 24.3 Å². The zero-order chi connectivity index (χ0) is 36.1. The summed E-state index contributed by atoms with van der Waals surface area (Å²) in [5.41, 5.74) is 2.31. The first-order valence-corrected chi connectivity index (χ1v) is 19.4. The molecule has 0 saturated carbocycles. The molecule has 0 fully saturated rings. The average molecular weight is 729 g/mol. The van der Waals surface area contributed by atoms with Gasteiger partial charge in [0, 0.05) is 22.9 Å². The number of hydrogen-bond acceptors (Lipinski definition) is 7. The number of benzene rings is 3. The van der Waals surface area contributed by atoms with E-state index in [-0.39, 0.29) is 44.8 Å². The lowest BCUT2D eigenvalue weighted by molar-refractivity contribution is 0.0950. The lowest BCUT2D eigenvalue weighted by Crippen LogP contribution is -2.35. The Morgan fingerprint density at radius 3 is 2.31 bits per heavy atom. The number of allylic oxidation sites excluding steroid dienone is 3. The number of fused-ring (bicyclic) bond motifs is 1. The molecule has 1 aliphatic carbocycles. The number of aromatic hydroxyl groups is 1. The Balaban J connectivity index is 1.46. The van der Waals surface area contributed by atoms with Gasteiger partial charge in [-0.15, -0.1) is 0 Å². The fraction of sp³-hybridized carbons (Fsp3) is 0.405. The van der Waals surface area contributed by atoms with Crippen LogP contribution in [0.4, 0.5) is 5.69 Å². The SMILES string of the molecule is CCC(C)(C)c1ccc(OCCCCNC(=O)c2cc(NS(=O)(=O)C3C=CC=C(Cl)C3=S(=O)=O)c3ccccc3c2O)c(C(C)(C)CC)c1. The Kier molecular flexibility index (Phi) is 11.9. The third kappa shape index (κ3) is 8.51. The fourth-order valence-corrected chi connectivity index (χ4v) is 8.37. The molecule has 1 amide bonds. The van der Waals surface area contributed by atoms with Gasteiger partial charge >= 0.3 is 0 Å². The summed E-state index contributed by atoms with van der Waals surface area (Å²) < 4.78 is 59.3. The van der Waals surface area contributed by atoms with Gasteiger partial charge < -0.3 is 15.2 Å². The van der Waals surface area contributed by atoms with E-state index in [4.69, 9.17) is 16.3 Å². The van der Waals surface area contributed by atoms with Gasteiger partial charge in [0.05, 0.1) is 22.9 Å². The number of ether oxygens (including phenoxy) is 1. The number of amides is 1. The van der Waals surface area contributed by atoms with Gasteiger partial charge in [-0.1, -0.05) is 102 Å². The second-order valence-corrected chi connectivity index (χ2v) is 16.5. The summed E-state index contributed by atoms with van der Waals surface area (Å²) in [6, 6.07) is 14.2. The predicted molar refractivity (Wildman–Crippen MR) is 199 cm³/mol. The number of carbonyl (C=O) groups is 1. The highest BCUT2D eigenvalue weighted by molar-refractivity contribution is 7.95. The number of sulfonamides is 1. The first kappa shape index (κ1) is 38.0. The summed E-state index contributed by atoms with van der Waals surface area (Å²) in [7, 11) is -7.31. The Bertz CT molecular complexity index is 2040. The summed E-state index contributed by atoms with van der Waals surface area (Å²) in [6.45, 7) is 14.0. The van der Waals surface area contributed by atoms with Gasteiger partial charge in [0.15, 0.2) is 0 Å². The minimum Gasteiger partial charge on any atom is -0.506 e. The highest BCUT2D eigenvalue weighted by atomic mass is 35.5. The van der Waals surface area contributed by atoms with Crippen LogP contribution in [0.3, 0.4) is 0 Å². The zero-order valence-electron chi connectivity index (χ0n) is 28.8. The molecule has 1 atom stereocenters. The molecule has 1 unspecified atom stereocenters. The van der Waals surface area contributed by atoms with Gasteiger partial charge in [0.25, 0.3) is 5.91 Å². The first-order valence-electron chi connectivity index (χ1n) is 16.4. The van der Waals surface area contributed by atoms with Crippen LogP contribution < -0.4 is 14.8 Å². The van der Waals surface area contributed by atoms with Crippen LogP contribution in [0.5, 0.6) is 11.5 Å². The standard InChI is InChI=1S/C37H45ClN2O7S2/c1-7-36(3,4)24-18-19-31(28(22-24)37(5,6)8-2)47-21-12-11-20-39-35(42)27-23-30(25-14-9-10-15-26(25)33(27)41)40-49(45,46)32-17-13-16-29(38)34(32)48(43)44/h9-10,13-19,22-23,32,40-41H,7-8,11-12,20-21H2,1-6H3,(H,39,42). The van der Waals surface area contributed by atoms with Crippen molar-refractivity contribution >= 4 is 59.1 Å². The van der Waals surface area contributed by atoms with E-state index in [2.05, 4.69) is 69.8 Å². The topological polar surface area (TPSA) is 139 Å². The molecule has 49 heavy (non-hydrogen) atoms. The van der Waals surface area contributed by atoms with Crippen molar-refractivity contribution in [3.63, 3.8) is 0 Å². The van der Waals surface area contributed by atoms with Crippen molar-refractivity contribution < 1.29 is 31.5 Å². The van der Waals surface area contributed by atoms with Crippen molar-refractivity contribution in [3.05, 3.63) is 88.5 Å². The molecule has 0 aliphatic heterocycles. The van der Waals surface area contributed by atoms with Crippen molar-refractivity contribution in [1.82, 2.24) is 5.32 Å². The van der Waals surface area contributed by atoms with Gasteiger partial charge in [-0.3, -0.25) is 9.52 Å². The lowest BCUT2D eigenvalue weighted by atomic mass is 9.76. The molecule has 0 saturated heterocycles. The van der Waals surface area contributed by atoms with Crippen LogP contribution in [-0.4, -0.2) is 51.1 Å². The van der Waals surface area contributed by atoms with Crippen molar-refractivity contribution in [2.75, 3.05) is 17.9 Å². The summed E-state index contributed by atoms with van der Waals surface area (Å²) in [6.07, 6.45) is 7.09. The molecule has 0 bridgehead atoms. The minimum atomic E-state index is -4.41. The molecular formula is C37H45ClN2O7S2. The summed E-state index contributed by atoms with van der Waals surface area (Å²) in [5.74, 6) is -0.0467. The Morgan fingerprint density at radius 2 is 1.65 bits per heavy atom. The molecule has 12 heteroatoms. The van der Waals surface area contributed by atoms with E-state index in [9.17, 15) is 26.7 Å². The largest absolute Gasteiger partial charge is 0.506 e. The maximum Gasteiger partial charge on any atom is 0.255 e. The van der Waals surface area contributed by atoms with Crippen molar-refractivity contribution in [1.29, 1.82) is 0 Å². The number of nitrogens with one attached hydrogen (secondary N) is 2. The molecule has 264 valence electrons. The van der Waals surface area contributed by atoms with E-state index in [1.165, 1.54) is 35.4 Å². The molecule has 3 N–H and O–H groups in total. The molecular weight excluding hydrogens is 684 g/mol. The van der Waals surface area contributed by atoms with E-state index < -0.39 is 36.3 Å². The smallest absolute Gasteiger partial charge is 0.255 e. The quantitative estimate of drug-likeness (QED) is 0.0896. The first-order chi connectivity index (χ1) is 23.0. The normalized spacial score (nSPS) is 15.2. The Morgan fingerprint density at radius 1 is 0.980 bits per heavy atom. The van der Waals surface area contributed by atoms with Crippen molar-refractivity contribution in [2.24, 2.45) is 0 Å². The van der Waals surface area contributed by atoms with Crippen LogP contribution in [0.15, 0.2) is 71.8 Å². The van der Waals surface area contributed by atoms with Crippen LogP contribution in [0, 0.1) is 0 Å². The number of halogens is 1. The van der Waals surface area contributed by atoms with Crippen LogP contribution in [0.25, 0.3) is 10.8 Å². The van der Waals surface area contributed by atoms with Crippen LogP contribution in [-0.2, 0) is 31.1 Å². The lowest BCUT2D eigenvalue weighted by Gasteiger charge is -2.30. The Hall–Kier alpha value is -3.80. The van der Waals surface area contributed by atoms with Crippen molar-refractivity contribution in [3.8, 4) is 11.5 Å². The molecule has 0 aromatic heterocycles. The van der Waals surface area contributed by atoms with Gasteiger partial charge in [0.1, 0.15) is 21.6 Å². The molecule has 9 nitrogen and oxygen atoms in total. The number of anilines is 1. The number of hydrogen-bond donors (Lipinski definition) is 3. The molecule has 0 radical (unpaired) electrons. The number of unbranched alkanes of at least 4 members (excludes halogenated alkanes) is 1. The minimum absolute atomic E-state index is 0.00112. The maximum absolute atomic E-state index is 13.5. The summed E-state index contributed by atoms with van der Waals surface area (Å²) in [4.78, 5) is 12.8. The van der Waals surface area contributed by atoms with Crippen LogP contribution in [0.2, 0.25) is 0 Å². The molecule has 1 aliphatic rings. The summed E-state index contributed by atoms with van der Waals surface area (Å²) >= 11 is 6.03. The highest BCUT2D eigenvalue weighted by Gasteiger charge is 2.34. The van der Waals surface area contributed by atoms with E-state index in [0.29, 0.717) is 24.8 Å². The molecule has 0 spiro atoms. The average Bonchev–Trinajstić information content (AvgIpc) is 3.07. The summed E-state index contributed by atoms with van der Waals surface area (Å²) in [5, 5.41) is 12.6. The fourth-order valence-electron chi connectivity index (χ4n) is 5.51. The van der Waals surface area contributed by atoms with Gasteiger partial charge in [-0.2, -0.15) is 8.42 Å².